The third kappa shape index (κ3) is 4.91. The van der Waals surface area contributed by atoms with Crippen LogP contribution in [0.1, 0.15) is 25.0 Å². The Morgan fingerprint density at radius 2 is 1.97 bits per heavy atom. The number of halogens is 1. The van der Waals surface area contributed by atoms with Gasteiger partial charge in [0.1, 0.15) is 5.58 Å². The molecule has 0 spiro atoms. The highest BCUT2D eigenvalue weighted by molar-refractivity contribution is 7.91. The predicted octanol–water partition coefficient (Wildman–Crippen LogP) is 4.08. The van der Waals surface area contributed by atoms with Crippen molar-refractivity contribution in [3.05, 3.63) is 53.3 Å². The van der Waals surface area contributed by atoms with E-state index in [1.165, 1.54) is 6.07 Å². The molecule has 0 bridgehead atoms. The van der Waals surface area contributed by atoms with Gasteiger partial charge in [-0.2, -0.15) is 0 Å². The maximum atomic E-state index is 12.7. The number of hydrogen-bond acceptors (Lipinski definition) is 6. The number of amides is 1. The second-order valence-corrected chi connectivity index (χ2v) is 10.7. The van der Waals surface area contributed by atoms with E-state index < -0.39 is 9.84 Å². The first-order valence-electron chi connectivity index (χ1n) is 10.6. The van der Waals surface area contributed by atoms with E-state index in [0.717, 1.165) is 37.3 Å². The van der Waals surface area contributed by atoms with Crippen molar-refractivity contribution in [3.8, 4) is 0 Å². The van der Waals surface area contributed by atoms with Crippen molar-refractivity contribution in [1.82, 2.24) is 9.88 Å². The Labute approximate surface area is 192 Å². The van der Waals surface area contributed by atoms with Gasteiger partial charge in [0.05, 0.1) is 5.75 Å². The molecule has 1 saturated heterocycles. The maximum absolute atomic E-state index is 12.7. The van der Waals surface area contributed by atoms with Gasteiger partial charge in [0.25, 0.3) is 0 Å². The van der Waals surface area contributed by atoms with Crippen molar-refractivity contribution in [3.63, 3.8) is 0 Å². The van der Waals surface area contributed by atoms with Crippen LogP contribution in [0.25, 0.3) is 11.0 Å². The van der Waals surface area contributed by atoms with Gasteiger partial charge in [-0.1, -0.05) is 11.6 Å². The molecule has 4 rings (SSSR count). The molecule has 0 aliphatic carbocycles. The smallest absolute Gasteiger partial charge is 0.223 e. The van der Waals surface area contributed by atoms with Crippen molar-refractivity contribution < 1.29 is 17.6 Å². The van der Waals surface area contributed by atoms with Gasteiger partial charge >= 0.3 is 0 Å². The van der Waals surface area contributed by atoms with Crippen LogP contribution in [-0.4, -0.2) is 56.1 Å². The predicted molar refractivity (Wildman–Crippen MR) is 125 cm³/mol. The second kappa shape index (κ2) is 9.11. The fourth-order valence-corrected chi connectivity index (χ4v) is 5.43. The Bertz CT molecular complexity index is 1230. The lowest BCUT2D eigenvalue weighted by molar-refractivity contribution is -0.131. The van der Waals surface area contributed by atoms with Crippen LogP contribution in [-0.2, 0) is 14.6 Å². The Morgan fingerprint density at radius 1 is 1.22 bits per heavy atom. The molecule has 32 heavy (non-hydrogen) atoms. The summed E-state index contributed by atoms with van der Waals surface area (Å²) in [5.41, 5.74) is 2.57. The fourth-order valence-electron chi connectivity index (χ4n) is 4.08. The van der Waals surface area contributed by atoms with Crippen LogP contribution >= 0.6 is 11.6 Å². The number of nitrogens with zero attached hydrogens (tertiary/aromatic N) is 3. The molecule has 1 aromatic carbocycles. The Balaban J connectivity index is 1.33. The summed E-state index contributed by atoms with van der Waals surface area (Å²) in [6.07, 6.45) is 3.39. The van der Waals surface area contributed by atoms with Gasteiger partial charge in [-0.25, -0.2) is 8.42 Å². The number of aromatic nitrogens is 1. The minimum absolute atomic E-state index is 0.0829. The van der Waals surface area contributed by atoms with Crippen LogP contribution in [0.15, 0.2) is 52.1 Å². The number of benzene rings is 1. The van der Waals surface area contributed by atoms with E-state index in [0.29, 0.717) is 16.0 Å². The van der Waals surface area contributed by atoms with E-state index >= 15 is 0 Å². The van der Waals surface area contributed by atoms with Crippen molar-refractivity contribution in [2.24, 2.45) is 0 Å². The van der Waals surface area contributed by atoms with E-state index in [1.54, 1.807) is 30.1 Å². The fraction of sp³-hybridized carbons (Fsp3) is 0.391. The van der Waals surface area contributed by atoms with Gasteiger partial charge in [0.2, 0.25) is 20.8 Å². The molecular weight excluding hydrogens is 450 g/mol. The quantitative estimate of drug-likeness (QED) is 0.534. The lowest BCUT2D eigenvalue weighted by Gasteiger charge is -2.38. The Kier molecular flexibility index (Phi) is 6.44. The number of piperidine rings is 1. The molecule has 1 fully saturated rings. The topological polar surface area (TPSA) is 83.7 Å². The van der Waals surface area contributed by atoms with E-state index in [-0.39, 0.29) is 29.2 Å². The minimum Gasteiger partial charge on any atom is -0.445 e. The molecule has 3 heterocycles. The van der Waals surface area contributed by atoms with E-state index in [4.69, 9.17) is 16.0 Å². The van der Waals surface area contributed by atoms with E-state index in [2.05, 4.69) is 16.0 Å². The molecular formula is C23H26ClN3O4S. The van der Waals surface area contributed by atoms with Crippen molar-refractivity contribution in [2.75, 3.05) is 30.8 Å². The highest BCUT2D eigenvalue weighted by Crippen LogP contribution is 2.27. The van der Waals surface area contributed by atoms with Crippen LogP contribution in [0.5, 0.6) is 0 Å². The SMILES string of the molecule is Cc1cc(N2CCC(N(C)C(=O)CCS(=O)(=O)c3cc4cc(Cl)ccc4o3)CC2)ccn1. The van der Waals surface area contributed by atoms with Crippen LogP contribution in [0.2, 0.25) is 5.02 Å². The number of aryl methyl sites for hydroxylation is 1. The summed E-state index contributed by atoms with van der Waals surface area (Å²) in [5.74, 6) is -0.468. The normalized spacial score (nSPS) is 15.3. The summed E-state index contributed by atoms with van der Waals surface area (Å²) in [6.45, 7) is 3.65. The van der Waals surface area contributed by atoms with Gasteiger partial charge in [0, 0.05) is 66.7 Å². The molecule has 0 unspecified atom stereocenters. The average molecular weight is 476 g/mol. The van der Waals surface area contributed by atoms with Crippen molar-refractivity contribution in [2.45, 2.75) is 37.3 Å². The summed E-state index contributed by atoms with van der Waals surface area (Å²) in [7, 11) is -1.96. The van der Waals surface area contributed by atoms with Crippen molar-refractivity contribution >= 4 is 44.0 Å². The number of anilines is 1. The molecule has 9 heteroatoms. The number of carbonyl (C=O) groups excluding carboxylic acids is 1. The van der Waals surface area contributed by atoms with Gasteiger partial charge in [0.15, 0.2) is 0 Å². The molecule has 2 aromatic heterocycles. The standard InChI is InChI=1S/C23H26ClN3O4S/c1-16-13-20(5-9-25-16)27-10-6-19(7-11-27)26(2)22(28)8-12-32(29,30)23-15-17-14-18(24)3-4-21(17)31-23/h3-5,9,13-15,19H,6-8,10-12H2,1-2H3. The number of rotatable bonds is 6. The molecule has 3 aromatic rings. The largest absolute Gasteiger partial charge is 0.445 e. The van der Waals surface area contributed by atoms with Gasteiger partial charge in [-0.15, -0.1) is 0 Å². The zero-order chi connectivity index (χ0) is 22.9. The number of carbonyl (C=O) groups is 1. The first kappa shape index (κ1) is 22.6. The molecule has 0 saturated carbocycles. The number of furan rings is 1. The molecule has 1 amide bonds. The monoisotopic (exact) mass is 475 g/mol. The zero-order valence-electron chi connectivity index (χ0n) is 18.1. The first-order valence-corrected chi connectivity index (χ1v) is 12.6. The van der Waals surface area contributed by atoms with E-state index in [9.17, 15) is 13.2 Å². The summed E-state index contributed by atoms with van der Waals surface area (Å²) in [6, 6.07) is 10.5. The molecule has 0 N–H and O–H groups in total. The average Bonchev–Trinajstić information content (AvgIpc) is 3.21. The number of fused-ring (bicyclic) bond motifs is 1. The third-order valence-corrected chi connectivity index (χ3v) is 7.79. The zero-order valence-corrected chi connectivity index (χ0v) is 19.7. The van der Waals surface area contributed by atoms with Crippen LogP contribution in [0.4, 0.5) is 5.69 Å². The Morgan fingerprint density at radius 3 is 2.69 bits per heavy atom. The molecule has 0 atom stereocenters. The lowest BCUT2D eigenvalue weighted by Crippen LogP contribution is -2.46. The van der Waals surface area contributed by atoms with Crippen LogP contribution in [0, 0.1) is 6.92 Å². The van der Waals surface area contributed by atoms with Crippen LogP contribution in [0.3, 0.4) is 0 Å². The van der Waals surface area contributed by atoms with Gasteiger partial charge in [-0.3, -0.25) is 9.78 Å². The highest BCUT2D eigenvalue weighted by atomic mass is 35.5. The summed E-state index contributed by atoms with van der Waals surface area (Å²) in [5, 5.41) is 0.992. The van der Waals surface area contributed by atoms with Crippen LogP contribution < -0.4 is 4.90 Å². The first-order chi connectivity index (χ1) is 15.2. The summed E-state index contributed by atoms with van der Waals surface area (Å²) >= 11 is 5.96. The molecule has 0 radical (unpaired) electrons. The Hall–Kier alpha value is -2.58. The summed E-state index contributed by atoms with van der Waals surface area (Å²) in [4.78, 5) is 21.0. The molecule has 1 aliphatic rings. The van der Waals surface area contributed by atoms with Crippen molar-refractivity contribution in [1.29, 1.82) is 0 Å². The highest BCUT2D eigenvalue weighted by Gasteiger charge is 2.27. The van der Waals surface area contributed by atoms with Gasteiger partial charge < -0.3 is 14.2 Å². The summed E-state index contributed by atoms with van der Waals surface area (Å²) < 4.78 is 30.9. The van der Waals surface area contributed by atoms with Gasteiger partial charge in [-0.05, 0) is 50.1 Å². The molecule has 170 valence electrons. The maximum Gasteiger partial charge on any atom is 0.223 e. The number of hydrogen-bond donors (Lipinski definition) is 0. The minimum atomic E-state index is -3.71. The molecule has 7 nitrogen and oxygen atoms in total. The van der Waals surface area contributed by atoms with E-state index in [1.807, 2.05) is 19.2 Å². The second-order valence-electron chi connectivity index (χ2n) is 8.19. The molecule has 1 aliphatic heterocycles. The third-order valence-electron chi connectivity index (χ3n) is 6.00. The number of pyridine rings is 1. The lowest BCUT2D eigenvalue weighted by atomic mass is 10.0. The number of sulfone groups is 1.